The first kappa shape index (κ1) is 12.2. The topological polar surface area (TPSA) is 41.6 Å². The van der Waals surface area contributed by atoms with Crippen LogP contribution in [0.25, 0.3) is 0 Å². The van der Waals surface area contributed by atoms with Gasteiger partial charge >= 0.3 is 5.97 Å². The van der Waals surface area contributed by atoms with Crippen LogP contribution in [0.5, 0.6) is 0 Å². The minimum atomic E-state index is -0.0935. The van der Waals surface area contributed by atoms with Gasteiger partial charge in [-0.3, -0.25) is 4.79 Å². The van der Waals surface area contributed by atoms with Gasteiger partial charge in [-0.05, 0) is 32.0 Å². The Kier molecular flexibility index (Phi) is 4.81. The molecule has 5 heteroatoms. The normalized spacial score (nSPS) is 17.3. The van der Waals surface area contributed by atoms with E-state index in [0.717, 1.165) is 37.6 Å². The fraction of sp³-hybridized carbons (Fsp3) is 0.800. The number of carbonyl (C=O) groups excluding carboxylic acids is 1. The second-order valence-electron chi connectivity index (χ2n) is 3.62. The van der Waals surface area contributed by atoms with Crippen molar-refractivity contribution in [2.45, 2.75) is 19.8 Å². The second kappa shape index (κ2) is 5.90. The van der Waals surface area contributed by atoms with Crippen molar-refractivity contribution in [3.05, 3.63) is 0 Å². The van der Waals surface area contributed by atoms with Gasteiger partial charge < -0.3 is 15.0 Å². The van der Waals surface area contributed by atoms with Gasteiger partial charge in [0.05, 0.1) is 13.0 Å². The highest BCUT2D eigenvalue weighted by Crippen LogP contribution is 2.18. The molecule has 1 fully saturated rings. The van der Waals surface area contributed by atoms with Crippen LogP contribution in [0.4, 0.5) is 0 Å². The van der Waals surface area contributed by atoms with E-state index in [9.17, 15) is 4.79 Å². The van der Waals surface area contributed by atoms with Crippen molar-refractivity contribution in [1.29, 1.82) is 0 Å². The van der Waals surface area contributed by atoms with Crippen LogP contribution in [0.3, 0.4) is 0 Å². The summed E-state index contributed by atoms with van der Waals surface area (Å²) in [5, 5.41) is 3.91. The number of methoxy groups -OCH3 is 1. The Morgan fingerprint density at radius 2 is 2.13 bits per heavy atom. The molecule has 86 valence electrons. The standard InChI is InChI=1S/C10H18N2O2S/c1-3-11-10(15)12-6-4-8(5-7-12)9(13)14-2/h8H,3-7H2,1-2H3,(H,11,15). The third kappa shape index (κ3) is 3.34. The summed E-state index contributed by atoms with van der Waals surface area (Å²) >= 11 is 5.20. The second-order valence-corrected chi connectivity index (χ2v) is 4.01. The summed E-state index contributed by atoms with van der Waals surface area (Å²) in [5.41, 5.74) is 0. The summed E-state index contributed by atoms with van der Waals surface area (Å²) in [6, 6.07) is 0. The number of hydrogen-bond acceptors (Lipinski definition) is 3. The average Bonchev–Trinajstić information content (AvgIpc) is 2.28. The van der Waals surface area contributed by atoms with E-state index >= 15 is 0 Å². The number of nitrogens with one attached hydrogen (secondary N) is 1. The van der Waals surface area contributed by atoms with Crippen molar-refractivity contribution in [1.82, 2.24) is 10.2 Å². The van der Waals surface area contributed by atoms with Gasteiger partial charge in [0.2, 0.25) is 0 Å². The molecule has 4 nitrogen and oxygen atoms in total. The molecular weight excluding hydrogens is 212 g/mol. The monoisotopic (exact) mass is 230 g/mol. The molecule has 0 aliphatic carbocycles. The highest BCUT2D eigenvalue weighted by Gasteiger charge is 2.26. The van der Waals surface area contributed by atoms with Crippen molar-refractivity contribution in [3.8, 4) is 0 Å². The molecule has 0 aromatic carbocycles. The maximum Gasteiger partial charge on any atom is 0.308 e. The van der Waals surface area contributed by atoms with Crippen LogP contribution >= 0.6 is 12.2 Å². The first-order valence-corrected chi connectivity index (χ1v) is 5.70. The van der Waals surface area contributed by atoms with Gasteiger partial charge in [-0.1, -0.05) is 0 Å². The predicted molar refractivity (Wildman–Crippen MR) is 62.6 cm³/mol. The minimum absolute atomic E-state index is 0.0516. The third-order valence-electron chi connectivity index (χ3n) is 2.64. The zero-order chi connectivity index (χ0) is 11.3. The Labute approximate surface area is 96.0 Å². The molecule has 0 radical (unpaired) electrons. The molecule has 0 spiro atoms. The van der Waals surface area contributed by atoms with Crippen molar-refractivity contribution in [2.24, 2.45) is 5.92 Å². The summed E-state index contributed by atoms with van der Waals surface area (Å²) in [4.78, 5) is 13.4. The molecule has 1 saturated heterocycles. The van der Waals surface area contributed by atoms with Gasteiger partial charge in [-0.2, -0.15) is 0 Å². The first-order valence-electron chi connectivity index (χ1n) is 5.29. The smallest absolute Gasteiger partial charge is 0.308 e. The Morgan fingerprint density at radius 1 is 1.53 bits per heavy atom. The Morgan fingerprint density at radius 3 is 2.60 bits per heavy atom. The number of likely N-dealkylation sites (tertiary alicyclic amines) is 1. The SMILES string of the molecule is CCNC(=S)N1CCC(C(=O)OC)CC1. The number of esters is 1. The minimum Gasteiger partial charge on any atom is -0.469 e. The fourth-order valence-electron chi connectivity index (χ4n) is 1.75. The van der Waals surface area contributed by atoms with Crippen LogP contribution < -0.4 is 5.32 Å². The van der Waals surface area contributed by atoms with Gasteiger partial charge in [-0.15, -0.1) is 0 Å². The first-order chi connectivity index (χ1) is 7.19. The molecular formula is C10H18N2O2S. The van der Waals surface area contributed by atoms with E-state index < -0.39 is 0 Å². The van der Waals surface area contributed by atoms with Crippen LogP contribution in [0.15, 0.2) is 0 Å². The maximum atomic E-state index is 11.3. The number of piperidine rings is 1. The molecule has 15 heavy (non-hydrogen) atoms. The average molecular weight is 230 g/mol. The quantitative estimate of drug-likeness (QED) is 0.560. The number of rotatable bonds is 2. The van der Waals surface area contributed by atoms with Gasteiger partial charge in [0.15, 0.2) is 5.11 Å². The predicted octanol–water partition coefficient (Wildman–Crippen LogP) is 0.766. The summed E-state index contributed by atoms with van der Waals surface area (Å²) in [6.45, 7) is 4.54. The van der Waals surface area contributed by atoms with Crippen molar-refractivity contribution >= 4 is 23.3 Å². The lowest BCUT2D eigenvalue weighted by molar-refractivity contribution is -0.146. The zero-order valence-corrected chi connectivity index (χ0v) is 10.1. The van der Waals surface area contributed by atoms with Crippen LogP contribution in [0.1, 0.15) is 19.8 Å². The molecule has 0 atom stereocenters. The van der Waals surface area contributed by atoms with Crippen LogP contribution in [-0.2, 0) is 9.53 Å². The molecule has 0 bridgehead atoms. The van der Waals surface area contributed by atoms with E-state index in [0.29, 0.717) is 0 Å². The molecule has 0 unspecified atom stereocenters. The van der Waals surface area contributed by atoms with Crippen molar-refractivity contribution < 1.29 is 9.53 Å². The summed E-state index contributed by atoms with van der Waals surface area (Å²) in [7, 11) is 1.44. The van der Waals surface area contributed by atoms with Gasteiger partial charge in [0, 0.05) is 19.6 Å². The van der Waals surface area contributed by atoms with Crippen LogP contribution in [-0.4, -0.2) is 42.7 Å². The lowest BCUT2D eigenvalue weighted by Crippen LogP contribution is -2.45. The van der Waals surface area contributed by atoms with Crippen LogP contribution in [0.2, 0.25) is 0 Å². The van der Waals surface area contributed by atoms with E-state index in [4.69, 9.17) is 17.0 Å². The van der Waals surface area contributed by atoms with Gasteiger partial charge in [0.25, 0.3) is 0 Å². The Hall–Kier alpha value is -0.840. The number of nitrogens with zero attached hydrogens (tertiary/aromatic N) is 1. The number of thiocarbonyl (C=S) groups is 1. The zero-order valence-electron chi connectivity index (χ0n) is 9.28. The largest absolute Gasteiger partial charge is 0.469 e. The molecule has 0 amide bonds. The molecule has 1 heterocycles. The molecule has 0 saturated carbocycles. The lowest BCUT2D eigenvalue weighted by Gasteiger charge is -2.32. The maximum absolute atomic E-state index is 11.3. The van der Waals surface area contributed by atoms with Gasteiger partial charge in [-0.25, -0.2) is 0 Å². The van der Waals surface area contributed by atoms with Crippen LogP contribution in [0, 0.1) is 5.92 Å². The summed E-state index contributed by atoms with van der Waals surface area (Å²) in [6.07, 6.45) is 1.66. The van der Waals surface area contributed by atoms with E-state index in [-0.39, 0.29) is 11.9 Å². The highest BCUT2D eigenvalue weighted by molar-refractivity contribution is 7.80. The van der Waals surface area contributed by atoms with E-state index in [2.05, 4.69) is 10.2 Å². The third-order valence-corrected chi connectivity index (χ3v) is 3.05. The molecule has 1 N–H and O–H groups in total. The molecule has 1 rings (SSSR count). The molecule has 1 aliphatic rings. The summed E-state index contributed by atoms with van der Waals surface area (Å²) in [5.74, 6) is -0.0419. The van der Waals surface area contributed by atoms with Crippen molar-refractivity contribution in [2.75, 3.05) is 26.7 Å². The number of ether oxygens (including phenoxy) is 1. The van der Waals surface area contributed by atoms with E-state index in [1.807, 2.05) is 6.92 Å². The lowest BCUT2D eigenvalue weighted by atomic mass is 9.97. The molecule has 0 aromatic rings. The Bertz CT molecular complexity index is 238. The highest BCUT2D eigenvalue weighted by atomic mass is 32.1. The summed E-state index contributed by atoms with van der Waals surface area (Å²) < 4.78 is 4.73. The fourth-order valence-corrected chi connectivity index (χ4v) is 2.07. The number of carbonyl (C=O) groups is 1. The molecule has 1 aliphatic heterocycles. The van der Waals surface area contributed by atoms with Crippen molar-refractivity contribution in [3.63, 3.8) is 0 Å². The van der Waals surface area contributed by atoms with Gasteiger partial charge in [0.1, 0.15) is 0 Å². The van der Waals surface area contributed by atoms with E-state index in [1.54, 1.807) is 0 Å². The Balaban J connectivity index is 2.35. The molecule has 0 aromatic heterocycles. The number of hydrogen-bond donors (Lipinski definition) is 1. The van der Waals surface area contributed by atoms with E-state index in [1.165, 1.54) is 7.11 Å².